The summed E-state index contributed by atoms with van der Waals surface area (Å²) >= 11 is 0. The molecule has 0 radical (unpaired) electrons. The Morgan fingerprint density at radius 3 is 2.23 bits per heavy atom. The molecule has 0 amide bonds. The number of carboxylic acid groups (broad SMARTS) is 1. The van der Waals surface area contributed by atoms with Crippen molar-refractivity contribution in [3.8, 4) is 0 Å². The number of carbonyl (C=O) groups is 1. The molecule has 0 saturated heterocycles. The SMILES string of the molecule is C=C(CCCS(=O)(=O)[O-])C(=O)O.[Na+]. The maximum atomic E-state index is 10.1. The van der Waals surface area contributed by atoms with Crippen molar-refractivity contribution < 1.29 is 52.4 Å². The van der Waals surface area contributed by atoms with Gasteiger partial charge in [0, 0.05) is 11.3 Å². The summed E-state index contributed by atoms with van der Waals surface area (Å²) in [5.41, 5.74) is -0.0846. The molecule has 0 aliphatic carbocycles. The predicted molar refractivity (Wildman–Crippen MR) is 40.6 cm³/mol. The van der Waals surface area contributed by atoms with Gasteiger partial charge in [-0.15, -0.1) is 0 Å². The number of rotatable bonds is 5. The van der Waals surface area contributed by atoms with E-state index < -0.39 is 21.8 Å². The summed E-state index contributed by atoms with van der Waals surface area (Å²) < 4.78 is 30.1. The monoisotopic (exact) mass is 216 g/mol. The van der Waals surface area contributed by atoms with E-state index >= 15 is 0 Å². The molecule has 5 nitrogen and oxygen atoms in total. The topological polar surface area (TPSA) is 94.5 Å². The van der Waals surface area contributed by atoms with Crippen molar-refractivity contribution in [1.29, 1.82) is 0 Å². The molecular formula is C6H9NaO5S. The normalized spacial score (nSPS) is 10.2. The summed E-state index contributed by atoms with van der Waals surface area (Å²) in [7, 11) is -4.23. The van der Waals surface area contributed by atoms with Crippen LogP contribution in [0.2, 0.25) is 0 Å². The van der Waals surface area contributed by atoms with E-state index in [2.05, 4.69) is 6.58 Å². The predicted octanol–water partition coefficient (Wildman–Crippen LogP) is -3.04. The zero-order chi connectivity index (χ0) is 9.78. The van der Waals surface area contributed by atoms with Crippen molar-refractivity contribution in [3.05, 3.63) is 12.2 Å². The molecular weight excluding hydrogens is 207 g/mol. The molecule has 0 fully saturated rings. The van der Waals surface area contributed by atoms with E-state index in [0.29, 0.717) is 0 Å². The molecule has 0 spiro atoms. The maximum absolute atomic E-state index is 10.1. The van der Waals surface area contributed by atoms with E-state index in [1.165, 1.54) is 0 Å². The van der Waals surface area contributed by atoms with Gasteiger partial charge in [0.25, 0.3) is 0 Å². The van der Waals surface area contributed by atoms with Gasteiger partial charge in [-0.2, -0.15) is 0 Å². The molecule has 0 aromatic rings. The van der Waals surface area contributed by atoms with E-state index in [1.54, 1.807) is 0 Å². The quantitative estimate of drug-likeness (QED) is 0.299. The summed E-state index contributed by atoms with van der Waals surface area (Å²) in [6, 6.07) is 0. The van der Waals surface area contributed by atoms with Crippen molar-refractivity contribution in [1.82, 2.24) is 0 Å². The van der Waals surface area contributed by atoms with Crippen LogP contribution >= 0.6 is 0 Å². The van der Waals surface area contributed by atoms with Crippen molar-refractivity contribution in [2.24, 2.45) is 0 Å². The van der Waals surface area contributed by atoms with Gasteiger partial charge in [0.2, 0.25) is 0 Å². The zero-order valence-electron chi connectivity index (χ0n) is 7.32. The van der Waals surface area contributed by atoms with Crippen LogP contribution in [0.25, 0.3) is 0 Å². The zero-order valence-corrected chi connectivity index (χ0v) is 10.1. The second kappa shape index (κ2) is 6.56. The van der Waals surface area contributed by atoms with Crippen molar-refractivity contribution in [2.45, 2.75) is 12.8 Å². The number of aliphatic carboxylic acids is 1. The van der Waals surface area contributed by atoms with Crippen molar-refractivity contribution in [2.75, 3.05) is 5.75 Å². The van der Waals surface area contributed by atoms with E-state index in [0.717, 1.165) is 0 Å². The third-order valence-corrected chi connectivity index (χ3v) is 1.96. The van der Waals surface area contributed by atoms with Gasteiger partial charge in [-0.3, -0.25) is 0 Å². The molecule has 0 aliphatic heterocycles. The summed E-state index contributed by atoms with van der Waals surface area (Å²) in [6.07, 6.45) is 0.0355. The Morgan fingerprint density at radius 1 is 1.46 bits per heavy atom. The minimum Gasteiger partial charge on any atom is -0.748 e. The van der Waals surface area contributed by atoms with Gasteiger partial charge < -0.3 is 9.66 Å². The van der Waals surface area contributed by atoms with Gasteiger partial charge in [0.15, 0.2) is 0 Å². The Balaban J connectivity index is 0. The first-order valence-corrected chi connectivity index (χ1v) is 4.75. The van der Waals surface area contributed by atoms with Gasteiger partial charge in [-0.25, -0.2) is 13.2 Å². The van der Waals surface area contributed by atoms with Gasteiger partial charge in [-0.05, 0) is 12.8 Å². The number of carboxylic acids is 1. The van der Waals surface area contributed by atoms with E-state index in [4.69, 9.17) is 5.11 Å². The minimum atomic E-state index is -4.23. The Morgan fingerprint density at radius 2 is 1.92 bits per heavy atom. The van der Waals surface area contributed by atoms with Crippen LogP contribution in [0.4, 0.5) is 0 Å². The Hall–Kier alpha value is 0.120. The summed E-state index contributed by atoms with van der Waals surface area (Å²) in [4.78, 5) is 10.1. The molecule has 0 bridgehead atoms. The fraction of sp³-hybridized carbons (Fsp3) is 0.500. The largest absolute Gasteiger partial charge is 1.00 e. The second-order valence-electron chi connectivity index (χ2n) is 2.27. The third-order valence-electron chi connectivity index (χ3n) is 1.18. The Kier molecular flexibility index (Phi) is 7.86. The van der Waals surface area contributed by atoms with Crippen LogP contribution in [0.3, 0.4) is 0 Å². The smallest absolute Gasteiger partial charge is 0.748 e. The first-order valence-electron chi connectivity index (χ1n) is 3.17. The summed E-state index contributed by atoms with van der Waals surface area (Å²) in [5.74, 6) is -1.71. The van der Waals surface area contributed by atoms with Gasteiger partial charge in [0.05, 0.1) is 10.1 Å². The molecule has 0 aliphatic rings. The Bertz CT molecular complexity index is 281. The van der Waals surface area contributed by atoms with Crippen LogP contribution in [-0.4, -0.2) is 29.8 Å². The fourth-order valence-corrected chi connectivity index (χ4v) is 1.07. The van der Waals surface area contributed by atoms with Crippen molar-refractivity contribution >= 4 is 16.1 Å². The summed E-state index contributed by atoms with van der Waals surface area (Å²) in [6.45, 7) is 3.18. The second-order valence-corrected chi connectivity index (χ2v) is 3.80. The van der Waals surface area contributed by atoms with Crippen LogP contribution in [0.15, 0.2) is 12.2 Å². The van der Waals surface area contributed by atoms with Gasteiger partial charge in [-0.1, -0.05) is 6.58 Å². The maximum Gasteiger partial charge on any atom is 1.00 e. The molecule has 13 heavy (non-hydrogen) atoms. The molecule has 0 aromatic carbocycles. The molecule has 0 unspecified atom stereocenters. The van der Waals surface area contributed by atoms with Crippen molar-refractivity contribution in [3.63, 3.8) is 0 Å². The standard InChI is InChI=1S/C6H10O5S.Na/c1-5(6(7)8)3-2-4-12(9,10)11;/h1-4H2,(H,7,8)(H,9,10,11);/q;+1/p-1. The van der Waals surface area contributed by atoms with Gasteiger partial charge in [0.1, 0.15) is 0 Å². The Labute approximate surface area is 98.9 Å². The first kappa shape index (κ1) is 15.6. The van der Waals surface area contributed by atoms with Gasteiger partial charge >= 0.3 is 35.5 Å². The molecule has 0 aromatic heterocycles. The van der Waals surface area contributed by atoms with Crippen LogP contribution in [0.1, 0.15) is 12.8 Å². The number of hydrogen-bond acceptors (Lipinski definition) is 4. The first-order chi connectivity index (χ1) is 5.33. The molecule has 7 heteroatoms. The average Bonchev–Trinajstić information content (AvgIpc) is 1.84. The van der Waals surface area contributed by atoms with E-state index in [9.17, 15) is 17.8 Å². The number of hydrogen-bond donors (Lipinski definition) is 1. The van der Waals surface area contributed by atoms with E-state index in [1.807, 2.05) is 0 Å². The average molecular weight is 216 g/mol. The molecule has 70 valence electrons. The van der Waals surface area contributed by atoms with Crippen LogP contribution in [0.5, 0.6) is 0 Å². The van der Waals surface area contributed by atoms with Crippen LogP contribution in [0, 0.1) is 0 Å². The fourth-order valence-electron chi connectivity index (χ4n) is 0.569. The third kappa shape index (κ3) is 10.0. The van der Waals surface area contributed by atoms with Crippen LogP contribution < -0.4 is 29.6 Å². The molecule has 0 rings (SSSR count). The molecule has 0 heterocycles. The van der Waals surface area contributed by atoms with E-state index in [-0.39, 0.29) is 48.0 Å². The van der Waals surface area contributed by atoms with Crippen LogP contribution in [-0.2, 0) is 14.9 Å². The minimum absolute atomic E-state index is 0. The summed E-state index contributed by atoms with van der Waals surface area (Å²) in [5, 5.41) is 8.28. The molecule has 1 N–H and O–H groups in total. The molecule has 0 saturated carbocycles. The molecule has 0 atom stereocenters.